The number of esters is 1. The number of urea groups is 1. The fourth-order valence-corrected chi connectivity index (χ4v) is 1.71. The minimum Gasteiger partial charge on any atom is -0.465 e. The summed E-state index contributed by atoms with van der Waals surface area (Å²) in [7, 11) is 0. The van der Waals surface area contributed by atoms with E-state index in [1.165, 1.54) is 4.90 Å². The first-order chi connectivity index (χ1) is 9.54. The van der Waals surface area contributed by atoms with Gasteiger partial charge in [-0.05, 0) is 26.3 Å². The van der Waals surface area contributed by atoms with Gasteiger partial charge in [0.05, 0.1) is 6.61 Å². The van der Waals surface area contributed by atoms with E-state index in [1.807, 2.05) is 44.2 Å². The van der Waals surface area contributed by atoms with E-state index in [9.17, 15) is 9.59 Å². The predicted molar refractivity (Wildman–Crippen MR) is 77.2 cm³/mol. The third-order valence-electron chi connectivity index (χ3n) is 2.78. The Hall–Kier alpha value is -2.04. The molecule has 0 saturated heterocycles. The second-order valence-electron chi connectivity index (χ2n) is 4.67. The molecule has 0 unspecified atom stereocenters. The van der Waals surface area contributed by atoms with Gasteiger partial charge in [-0.2, -0.15) is 0 Å². The van der Waals surface area contributed by atoms with Crippen LogP contribution in [0.1, 0.15) is 26.3 Å². The van der Waals surface area contributed by atoms with Crippen LogP contribution in [0.25, 0.3) is 0 Å². The van der Waals surface area contributed by atoms with E-state index in [-0.39, 0.29) is 18.6 Å². The van der Waals surface area contributed by atoms with Crippen molar-refractivity contribution in [3.05, 3.63) is 35.9 Å². The lowest BCUT2D eigenvalue weighted by molar-refractivity contribution is -0.144. The van der Waals surface area contributed by atoms with Crippen molar-refractivity contribution in [1.29, 1.82) is 0 Å². The lowest BCUT2D eigenvalue weighted by Gasteiger charge is -2.25. The number of nitrogens with zero attached hydrogens (tertiary/aromatic N) is 1. The van der Waals surface area contributed by atoms with Gasteiger partial charge in [0.1, 0.15) is 6.54 Å². The van der Waals surface area contributed by atoms with E-state index in [4.69, 9.17) is 4.74 Å². The molecule has 2 amide bonds. The van der Waals surface area contributed by atoms with Gasteiger partial charge in [-0.3, -0.25) is 4.79 Å². The Morgan fingerprint density at radius 2 is 1.90 bits per heavy atom. The molecular weight excluding hydrogens is 256 g/mol. The number of carbonyl (C=O) groups excluding carboxylic acids is 2. The van der Waals surface area contributed by atoms with E-state index >= 15 is 0 Å². The molecule has 0 spiro atoms. The van der Waals surface area contributed by atoms with Gasteiger partial charge in [0.15, 0.2) is 0 Å². The molecule has 0 aliphatic heterocycles. The summed E-state index contributed by atoms with van der Waals surface area (Å²) in [5.74, 6) is -0.393. The van der Waals surface area contributed by atoms with Gasteiger partial charge < -0.3 is 15.0 Å². The molecule has 0 aromatic heterocycles. The van der Waals surface area contributed by atoms with Crippen molar-refractivity contribution in [2.24, 2.45) is 0 Å². The fourth-order valence-electron chi connectivity index (χ4n) is 1.71. The van der Waals surface area contributed by atoms with Crippen LogP contribution in [0.15, 0.2) is 30.3 Å². The normalized spacial score (nSPS) is 10.2. The van der Waals surface area contributed by atoms with Gasteiger partial charge in [-0.15, -0.1) is 0 Å². The Bertz CT molecular complexity index is 432. The first kappa shape index (κ1) is 16.0. The molecule has 0 radical (unpaired) electrons. The second kappa shape index (κ2) is 8.19. The number of benzene rings is 1. The molecule has 5 nitrogen and oxygen atoms in total. The summed E-state index contributed by atoms with van der Waals surface area (Å²) in [5.41, 5.74) is 1.01. The van der Waals surface area contributed by atoms with Crippen molar-refractivity contribution >= 4 is 12.0 Å². The van der Waals surface area contributed by atoms with Crippen molar-refractivity contribution in [2.75, 3.05) is 13.2 Å². The molecule has 0 aliphatic carbocycles. The molecular formula is C15H22N2O3. The highest BCUT2D eigenvalue weighted by Gasteiger charge is 2.20. The highest BCUT2D eigenvalue weighted by atomic mass is 16.5. The third kappa shape index (κ3) is 5.30. The van der Waals surface area contributed by atoms with Gasteiger partial charge in [0, 0.05) is 12.6 Å². The first-order valence-electron chi connectivity index (χ1n) is 6.78. The Morgan fingerprint density at radius 1 is 1.25 bits per heavy atom. The topological polar surface area (TPSA) is 58.6 Å². The molecule has 20 heavy (non-hydrogen) atoms. The standard InChI is InChI=1S/C15H22N2O3/c1-4-20-14(18)11-17(12(2)3)15(19)16-10-13-8-6-5-7-9-13/h5-9,12H,4,10-11H2,1-3H3,(H,16,19). The smallest absolute Gasteiger partial charge is 0.325 e. The van der Waals surface area contributed by atoms with Gasteiger partial charge in [0.25, 0.3) is 0 Å². The van der Waals surface area contributed by atoms with Crippen LogP contribution in [0.3, 0.4) is 0 Å². The lowest BCUT2D eigenvalue weighted by Crippen LogP contribution is -2.46. The molecule has 1 N–H and O–H groups in total. The van der Waals surface area contributed by atoms with Gasteiger partial charge in [-0.1, -0.05) is 30.3 Å². The number of carbonyl (C=O) groups is 2. The quantitative estimate of drug-likeness (QED) is 0.811. The lowest BCUT2D eigenvalue weighted by atomic mass is 10.2. The Morgan fingerprint density at radius 3 is 2.45 bits per heavy atom. The summed E-state index contributed by atoms with van der Waals surface area (Å²) in [6.07, 6.45) is 0. The highest BCUT2D eigenvalue weighted by Crippen LogP contribution is 2.02. The molecule has 0 heterocycles. The summed E-state index contributed by atoms with van der Waals surface area (Å²) >= 11 is 0. The average Bonchev–Trinajstić information content (AvgIpc) is 2.43. The summed E-state index contributed by atoms with van der Waals surface area (Å²) in [4.78, 5) is 25.1. The zero-order chi connectivity index (χ0) is 15.0. The Balaban J connectivity index is 2.54. The minimum absolute atomic E-state index is 0.0356. The number of nitrogens with one attached hydrogen (secondary N) is 1. The van der Waals surface area contributed by atoms with Crippen LogP contribution in [0.2, 0.25) is 0 Å². The molecule has 0 aliphatic rings. The van der Waals surface area contributed by atoms with Crippen molar-refractivity contribution in [2.45, 2.75) is 33.4 Å². The Labute approximate surface area is 119 Å². The molecule has 0 fully saturated rings. The largest absolute Gasteiger partial charge is 0.465 e. The van der Waals surface area contributed by atoms with Crippen LogP contribution in [0.5, 0.6) is 0 Å². The summed E-state index contributed by atoms with van der Waals surface area (Å²) in [6, 6.07) is 9.29. The maximum atomic E-state index is 12.1. The van der Waals surface area contributed by atoms with E-state index in [0.717, 1.165) is 5.56 Å². The zero-order valence-electron chi connectivity index (χ0n) is 12.3. The monoisotopic (exact) mass is 278 g/mol. The average molecular weight is 278 g/mol. The van der Waals surface area contributed by atoms with Crippen LogP contribution in [0, 0.1) is 0 Å². The van der Waals surface area contributed by atoms with Gasteiger partial charge >= 0.3 is 12.0 Å². The Kier molecular flexibility index (Phi) is 6.56. The number of ether oxygens (including phenoxy) is 1. The maximum absolute atomic E-state index is 12.1. The number of amides is 2. The molecule has 0 saturated carbocycles. The van der Waals surface area contributed by atoms with E-state index in [2.05, 4.69) is 5.32 Å². The molecule has 1 aromatic carbocycles. The molecule has 0 bridgehead atoms. The van der Waals surface area contributed by atoms with Crippen LogP contribution in [-0.2, 0) is 16.1 Å². The maximum Gasteiger partial charge on any atom is 0.325 e. The number of rotatable bonds is 6. The number of hydrogen-bond donors (Lipinski definition) is 1. The van der Waals surface area contributed by atoms with E-state index in [1.54, 1.807) is 6.92 Å². The summed E-state index contributed by atoms with van der Waals surface area (Å²) in [6.45, 7) is 6.18. The second-order valence-corrected chi connectivity index (χ2v) is 4.67. The van der Waals surface area contributed by atoms with Crippen LogP contribution >= 0.6 is 0 Å². The number of hydrogen-bond acceptors (Lipinski definition) is 3. The zero-order valence-corrected chi connectivity index (χ0v) is 12.3. The van der Waals surface area contributed by atoms with E-state index in [0.29, 0.717) is 13.2 Å². The van der Waals surface area contributed by atoms with Gasteiger partial charge in [0.2, 0.25) is 0 Å². The summed E-state index contributed by atoms with van der Waals surface area (Å²) < 4.78 is 4.87. The van der Waals surface area contributed by atoms with Crippen molar-refractivity contribution in [1.82, 2.24) is 10.2 Å². The molecule has 1 aromatic rings. The van der Waals surface area contributed by atoms with Crippen molar-refractivity contribution in [3.8, 4) is 0 Å². The van der Waals surface area contributed by atoms with Crippen molar-refractivity contribution in [3.63, 3.8) is 0 Å². The highest BCUT2D eigenvalue weighted by molar-refractivity contribution is 5.81. The first-order valence-corrected chi connectivity index (χ1v) is 6.78. The molecule has 110 valence electrons. The minimum atomic E-state index is -0.393. The summed E-state index contributed by atoms with van der Waals surface area (Å²) in [5, 5.41) is 2.81. The van der Waals surface area contributed by atoms with Crippen molar-refractivity contribution < 1.29 is 14.3 Å². The molecule has 0 atom stereocenters. The third-order valence-corrected chi connectivity index (χ3v) is 2.78. The fraction of sp³-hybridized carbons (Fsp3) is 0.467. The molecule has 1 rings (SSSR count). The van der Waals surface area contributed by atoms with Crippen LogP contribution in [-0.4, -0.2) is 36.1 Å². The predicted octanol–water partition coefficient (Wildman–Crippen LogP) is 2.17. The van der Waals surface area contributed by atoms with Gasteiger partial charge in [-0.25, -0.2) is 4.79 Å². The molecule has 5 heteroatoms. The van der Waals surface area contributed by atoms with E-state index < -0.39 is 5.97 Å². The van der Waals surface area contributed by atoms with Crippen LogP contribution < -0.4 is 5.32 Å². The SMILES string of the molecule is CCOC(=O)CN(C(=O)NCc1ccccc1)C(C)C. The van der Waals surface area contributed by atoms with Crippen LogP contribution in [0.4, 0.5) is 4.79 Å².